The number of nitrogens with zero attached hydrogens (tertiary/aromatic N) is 6. The molecule has 132 valence electrons. The SMILES string of the molecule is Fc1ccc(-c2nc(C3CC3)ncc2-c2nnnn2-c2ccccc2)cc1. The van der Waals surface area contributed by atoms with Crippen molar-refractivity contribution in [3.05, 3.63) is 72.4 Å². The molecule has 27 heavy (non-hydrogen) atoms. The van der Waals surface area contributed by atoms with Gasteiger partial charge >= 0.3 is 0 Å². The summed E-state index contributed by atoms with van der Waals surface area (Å²) in [5.41, 5.74) is 3.06. The summed E-state index contributed by atoms with van der Waals surface area (Å²) >= 11 is 0. The molecule has 1 saturated carbocycles. The summed E-state index contributed by atoms with van der Waals surface area (Å²) in [7, 11) is 0. The molecule has 2 aromatic carbocycles. The fraction of sp³-hybridized carbons (Fsp3) is 0.150. The molecule has 7 heteroatoms. The molecule has 0 saturated heterocycles. The van der Waals surface area contributed by atoms with Crippen LogP contribution in [0.5, 0.6) is 0 Å². The second-order valence-electron chi connectivity index (χ2n) is 6.52. The molecule has 6 nitrogen and oxygen atoms in total. The van der Waals surface area contributed by atoms with Crippen molar-refractivity contribution in [3.8, 4) is 28.3 Å². The largest absolute Gasteiger partial charge is 0.240 e. The van der Waals surface area contributed by atoms with E-state index in [9.17, 15) is 4.39 Å². The zero-order chi connectivity index (χ0) is 18.2. The Balaban J connectivity index is 1.69. The summed E-state index contributed by atoms with van der Waals surface area (Å²) in [6, 6.07) is 15.9. The van der Waals surface area contributed by atoms with Gasteiger partial charge in [0.2, 0.25) is 0 Å². The molecular formula is C20H15FN6. The van der Waals surface area contributed by atoms with Crippen LogP contribution in [-0.4, -0.2) is 30.2 Å². The molecule has 1 aliphatic carbocycles. The third-order valence-corrected chi connectivity index (χ3v) is 4.58. The first-order valence-electron chi connectivity index (χ1n) is 8.76. The van der Waals surface area contributed by atoms with E-state index in [-0.39, 0.29) is 5.82 Å². The molecule has 0 aliphatic heterocycles. The summed E-state index contributed by atoms with van der Waals surface area (Å²) in [5, 5.41) is 12.2. The maximum absolute atomic E-state index is 13.4. The van der Waals surface area contributed by atoms with Gasteiger partial charge < -0.3 is 0 Å². The zero-order valence-electron chi connectivity index (χ0n) is 14.3. The maximum atomic E-state index is 13.4. The molecule has 2 aromatic heterocycles. The number of aromatic nitrogens is 6. The minimum atomic E-state index is -0.286. The summed E-state index contributed by atoms with van der Waals surface area (Å²) in [6.45, 7) is 0. The number of benzene rings is 2. The average Bonchev–Trinajstić information content (AvgIpc) is 3.46. The summed E-state index contributed by atoms with van der Waals surface area (Å²) < 4.78 is 15.1. The quantitative estimate of drug-likeness (QED) is 0.555. The van der Waals surface area contributed by atoms with Crippen molar-refractivity contribution in [1.82, 2.24) is 30.2 Å². The van der Waals surface area contributed by atoms with Crippen LogP contribution in [0.25, 0.3) is 28.3 Å². The van der Waals surface area contributed by atoms with Gasteiger partial charge in [-0.25, -0.2) is 14.4 Å². The topological polar surface area (TPSA) is 69.4 Å². The number of halogens is 1. The van der Waals surface area contributed by atoms with E-state index in [1.54, 1.807) is 23.0 Å². The average molecular weight is 358 g/mol. The number of hydrogen-bond acceptors (Lipinski definition) is 5. The lowest BCUT2D eigenvalue weighted by Crippen LogP contribution is -2.04. The van der Waals surface area contributed by atoms with Crippen LogP contribution >= 0.6 is 0 Å². The lowest BCUT2D eigenvalue weighted by Gasteiger charge is -2.11. The molecule has 2 heterocycles. The highest BCUT2D eigenvalue weighted by atomic mass is 19.1. The zero-order valence-corrected chi connectivity index (χ0v) is 14.3. The predicted molar refractivity (Wildman–Crippen MR) is 97.5 cm³/mol. The van der Waals surface area contributed by atoms with E-state index in [0.29, 0.717) is 23.0 Å². The number of rotatable bonds is 4. The molecule has 0 bridgehead atoms. The first-order valence-corrected chi connectivity index (χ1v) is 8.76. The Morgan fingerprint density at radius 3 is 2.48 bits per heavy atom. The van der Waals surface area contributed by atoms with Crippen LogP contribution in [0.15, 0.2) is 60.8 Å². The van der Waals surface area contributed by atoms with Gasteiger partial charge in [-0.2, -0.15) is 4.68 Å². The Morgan fingerprint density at radius 2 is 1.74 bits per heavy atom. The predicted octanol–water partition coefficient (Wildman–Crippen LogP) is 3.80. The third-order valence-electron chi connectivity index (χ3n) is 4.58. The lowest BCUT2D eigenvalue weighted by molar-refractivity contribution is 0.628. The Bertz CT molecular complexity index is 1090. The van der Waals surface area contributed by atoms with Gasteiger partial charge in [-0.05, 0) is 59.7 Å². The van der Waals surface area contributed by atoms with Gasteiger partial charge in [0.15, 0.2) is 5.82 Å². The standard InChI is InChI=1S/C20H15FN6/c21-15-10-8-13(9-11-15)18-17(12-22-19(23-18)14-6-7-14)20-24-25-26-27(20)16-4-2-1-3-5-16/h1-5,8-12,14H,6-7H2. The van der Waals surface area contributed by atoms with Crippen molar-refractivity contribution >= 4 is 0 Å². The first kappa shape index (κ1) is 15.7. The van der Waals surface area contributed by atoms with Gasteiger partial charge in [0, 0.05) is 17.7 Å². The summed E-state index contributed by atoms with van der Waals surface area (Å²) in [4.78, 5) is 9.32. The van der Waals surface area contributed by atoms with Gasteiger partial charge in [0.1, 0.15) is 11.6 Å². The fourth-order valence-corrected chi connectivity index (χ4v) is 3.02. The van der Waals surface area contributed by atoms with E-state index < -0.39 is 0 Å². The highest BCUT2D eigenvalue weighted by Crippen LogP contribution is 2.40. The van der Waals surface area contributed by atoms with Crippen molar-refractivity contribution in [3.63, 3.8) is 0 Å². The van der Waals surface area contributed by atoms with Gasteiger partial charge in [0.05, 0.1) is 16.9 Å². The minimum absolute atomic E-state index is 0.286. The van der Waals surface area contributed by atoms with Gasteiger partial charge in [0.25, 0.3) is 0 Å². The Labute approximate surface area is 154 Å². The van der Waals surface area contributed by atoms with E-state index in [1.165, 1.54) is 12.1 Å². The third kappa shape index (κ3) is 2.97. The molecule has 0 amide bonds. The van der Waals surface area contributed by atoms with E-state index in [4.69, 9.17) is 4.98 Å². The molecule has 0 radical (unpaired) electrons. The normalized spacial score (nSPS) is 13.7. The van der Waals surface area contributed by atoms with Crippen LogP contribution < -0.4 is 0 Å². The van der Waals surface area contributed by atoms with E-state index in [2.05, 4.69) is 20.5 Å². The molecule has 4 aromatic rings. The molecular weight excluding hydrogens is 343 g/mol. The fourth-order valence-electron chi connectivity index (χ4n) is 3.02. The monoisotopic (exact) mass is 358 g/mol. The molecule has 1 aliphatic rings. The van der Waals surface area contributed by atoms with Crippen molar-refractivity contribution in [2.45, 2.75) is 18.8 Å². The van der Waals surface area contributed by atoms with Crippen LogP contribution in [0.2, 0.25) is 0 Å². The van der Waals surface area contributed by atoms with Gasteiger partial charge in [-0.1, -0.05) is 18.2 Å². The molecule has 0 spiro atoms. The Hall–Kier alpha value is -3.48. The summed E-state index contributed by atoms with van der Waals surface area (Å²) in [6.07, 6.45) is 3.97. The number of para-hydroxylation sites is 1. The minimum Gasteiger partial charge on any atom is -0.240 e. The van der Waals surface area contributed by atoms with Crippen molar-refractivity contribution in [1.29, 1.82) is 0 Å². The van der Waals surface area contributed by atoms with Crippen LogP contribution in [0.1, 0.15) is 24.6 Å². The molecule has 5 rings (SSSR count). The Morgan fingerprint density at radius 1 is 0.963 bits per heavy atom. The highest BCUT2D eigenvalue weighted by molar-refractivity contribution is 5.77. The lowest BCUT2D eigenvalue weighted by atomic mass is 10.1. The van der Waals surface area contributed by atoms with Gasteiger partial charge in [-0.15, -0.1) is 5.10 Å². The molecule has 0 N–H and O–H groups in total. The molecule has 1 fully saturated rings. The van der Waals surface area contributed by atoms with Crippen LogP contribution in [0.3, 0.4) is 0 Å². The summed E-state index contributed by atoms with van der Waals surface area (Å²) in [5.74, 6) is 1.48. The molecule has 0 atom stereocenters. The maximum Gasteiger partial charge on any atom is 0.190 e. The first-order chi connectivity index (χ1) is 13.3. The van der Waals surface area contributed by atoms with Crippen LogP contribution in [-0.2, 0) is 0 Å². The Kier molecular flexibility index (Phi) is 3.71. The smallest absolute Gasteiger partial charge is 0.190 e. The highest BCUT2D eigenvalue weighted by Gasteiger charge is 2.28. The second kappa shape index (κ2) is 6.35. The number of tetrazole rings is 1. The van der Waals surface area contributed by atoms with Crippen LogP contribution in [0, 0.1) is 5.82 Å². The van der Waals surface area contributed by atoms with E-state index >= 15 is 0 Å². The van der Waals surface area contributed by atoms with Crippen LogP contribution in [0.4, 0.5) is 4.39 Å². The van der Waals surface area contributed by atoms with Crippen molar-refractivity contribution in [2.24, 2.45) is 0 Å². The van der Waals surface area contributed by atoms with Gasteiger partial charge in [-0.3, -0.25) is 0 Å². The van der Waals surface area contributed by atoms with E-state index in [0.717, 1.165) is 29.9 Å². The second-order valence-corrected chi connectivity index (χ2v) is 6.52. The van der Waals surface area contributed by atoms with Crippen molar-refractivity contribution < 1.29 is 4.39 Å². The van der Waals surface area contributed by atoms with E-state index in [1.807, 2.05) is 30.3 Å². The van der Waals surface area contributed by atoms with Crippen molar-refractivity contribution in [2.75, 3.05) is 0 Å². The molecule has 0 unspecified atom stereocenters. The number of hydrogen-bond donors (Lipinski definition) is 0.